The highest BCUT2D eigenvalue weighted by molar-refractivity contribution is 6.26. The quantitative estimate of drug-likeness (QED) is 0.404. The van der Waals surface area contributed by atoms with Crippen LogP contribution in [-0.4, -0.2) is 33.2 Å². The summed E-state index contributed by atoms with van der Waals surface area (Å²) in [5, 5.41) is 1.66. The summed E-state index contributed by atoms with van der Waals surface area (Å²) >= 11 is 0. The first kappa shape index (κ1) is 22.7. The summed E-state index contributed by atoms with van der Waals surface area (Å²) in [4.78, 5) is 44.5. The van der Waals surface area contributed by atoms with Crippen LogP contribution in [-0.2, 0) is 16.0 Å². The van der Waals surface area contributed by atoms with E-state index >= 15 is 0 Å². The van der Waals surface area contributed by atoms with Gasteiger partial charge in [-0.05, 0) is 56.5 Å². The minimum Gasteiger partial charge on any atom is -0.465 e. The monoisotopic (exact) mass is 492 g/mol. The molecule has 1 amide bonds. The molecule has 0 bridgehead atoms. The Morgan fingerprint density at radius 3 is 2.57 bits per heavy atom. The SMILES string of the molecule is COC(=O)c1ccc2c(=O)n(N3C=C(c4ccccc4)n4c(C)cc5c4C(=CCC5)C3=O)c(C)nc2c1. The zero-order valence-corrected chi connectivity index (χ0v) is 20.7. The molecule has 0 fully saturated rings. The lowest BCUT2D eigenvalue weighted by Crippen LogP contribution is -2.44. The van der Waals surface area contributed by atoms with Gasteiger partial charge in [-0.25, -0.2) is 14.8 Å². The number of hydrogen-bond acceptors (Lipinski definition) is 5. The molecule has 8 heteroatoms. The maximum atomic E-state index is 14.1. The first-order chi connectivity index (χ1) is 17.9. The summed E-state index contributed by atoms with van der Waals surface area (Å²) in [5.41, 5.74) is 5.50. The van der Waals surface area contributed by atoms with E-state index in [9.17, 15) is 14.4 Å². The molecule has 0 spiro atoms. The van der Waals surface area contributed by atoms with E-state index in [0.717, 1.165) is 41.1 Å². The van der Waals surface area contributed by atoms with Gasteiger partial charge in [0, 0.05) is 11.3 Å². The molecule has 0 atom stereocenters. The van der Waals surface area contributed by atoms with Gasteiger partial charge in [-0.2, -0.15) is 4.68 Å². The number of allylic oxidation sites excluding steroid dienone is 1. The molecule has 1 aliphatic heterocycles. The van der Waals surface area contributed by atoms with Crippen molar-refractivity contribution in [2.75, 3.05) is 12.1 Å². The van der Waals surface area contributed by atoms with Crippen molar-refractivity contribution in [1.29, 1.82) is 0 Å². The van der Waals surface area contributed by atoms with Crippen molar-refractivity contribution in [3.8, 4) is 0 Å². The summed E-state index contributed by atoms with van der Waals surface area (Å²) in [7, 11) is 1.30. The highest BCUT2D eigenvalue weighted by Crippen LogP contribution is 2.37. The van der Waals surface area contributed by atoms with Crippen LogP contribution in [0.1, 0.15) is 45.1 Å². The van der Waals surface area contributed by atoms with Gasteiger partial charge in [0.15, 0.2) is 0 Å². The molecule has 184 valence electrons. The van der Waals surface area contributed by atoms with E-state index in [4.69, 9.17) is 4.74 Å². The number of benzene rings is 2. The molecule has 0 saturated heterocycles. The average Bonchev–Trinajstić information content (AvgIpc) is 3.18. The maximum absolute atomic E-state index is 14.1. The standard InChI is InChI=1S/C29H24N4O4/c1-17-14-20-10-7-11-23-26(20)32(17)25(19-8-5-4-6-9-19)16-31(27(23)34)33-18(2)30-24-15-21(29(36)37-3)12-13-22(24)28(33)35/h4-6,8-9,11-16H,7,10H2,1-3H3. The minimum absolute atomic E-state index is 0.291. The van der Waals surface area contributed by atoms with Crippen molar-refractivity contribution < 1.29 is 14.3 Å². The van der Waals surface area contributed by atoms with Crippen LogP contribution in [0, 0.1) is 13.8 Å². The van der Waals surface area contributed by atoms with Crippen molar-refractivity contribution in [2.24, 2.45) is 0 Å². The molecular weight excluding hydrogens is 468 g/mol. The predicted molar refractivity (Wildman–Crippen MR) is 141 cm³/mol. The van der Waals surface area contributed by atoms with Crippen LogP contribution >= 0.6 is 0 Å². The number of nitrogens with zero attached hydrogens (tertiary/aromatic N) is 4. The fourth-order valence-corrected chi connectivity index (χ4v) is 5.26. The van der Waals surface area contributed by atoms with E-state index in [-0.39, 0.29) is 5.91 Å². The number of hydrogen-bond donors (Lipinski definition) is 0. The fourth-order valence-electron chi connectivity index (χ4n) is 5.26. The molecule has 6 rings (SSSR count). The second kappa shape index (κ2) is 8.44. The molecule has 4 aromatic rings. The summed E-state index contributed by atoms with van der Waals surface area (Å²) in [6.45, 7) is 3.70. The van der Waals surface area contributed by atoms with Crippen molar-refractivity contribution in [1.82, 2.24) is 14.2 Å². The number of aryl methyl sites for hydroxylation is 3. The topological polar surface area (TPSA) is 86.4 Å². The molecule has 0 N–H and O–H groups in total. The van der Waals surface area contributed by atoms with Crippen LogP contribution in [0.4, 0.5) is 0 Å². The van der Waals surface area contributed by atoms with Crippen LogP contribution in [0.5, 0.6) is 0 Å². The lowest BCUT2D eigenvalue weighted by atomic mass is 9.96. The van der Waals surface area contributed by atoms with Gasteiger partial charge in [0.2, 0.25) is 0 Å². The highest BCUT2D eigenvalue weighted by atomic mass is 16.5. The van der Waals surface area contributed by atoms with Gasteiger partial charge < -0.3 is 9.30 Å². The van der Waals surface area contributed by atoms with E-state index in [1.807, 2.05) is 43.3 Å². The Morgan fingerprint density at radius 2 is 1.81 bits per heavy atom. The molecule has 8 nitrogen and oxygen atoms in total. The Labute approximate surface area is 212 Å². The van der Waals surface area contributed by atoms with Gasteiger partial charge in [-0.1, -0.05) is 36.4 Å². The molecule has 1 aliphatic carbocycles. The largest absolute Gasteiger partial charge is 0.465 e. The second-order valence-electron chi connectivity index (χ2n) is 9.18. The number of esters is 1. The Kier molecular flexibility index (Phi) is 5.19. The smallest absolute Gasteiger partial charge is 0.337 e. The number of ether oxygens (including phenoxy) is 1. The first-order valence-electron chi connectivity index (χ1n) is 12.0. The Hall–Kier alpha value is -4.72. The third kappa shape index (κ3) is 3.44. The van der Waals surface area contributed by atoms with Gasteiger partial charge in [0.25, 0.3) is 11.5 Å². The van der Waals surface area contributed by atoms with Gasteiger partial charge in [-0.3, -0.25) is 9.59 Å². The molecule has 0 saturated carbocycles. The van der Waals surface area contributed by atoms with Crippen molar-refractivity contribution >= 4 is 34.0 Å². The number of carbonyl (C=O) groups is 2. The number of carbonyl (C=O) groups excluding carboxylic acids is 2. The number of amides is 1. The first-order valence-corrected chi connectivity index (χ1v) is 12.0. The van der Waals surface area contributed by atoms with Crippen LogP contribution in [0.25, 0.3) is 22.2 Å². The lowest BCUT2D eigenvalue weighted by Gasteiger charge is -2.23. The molecule has 2 aromatic heterocycles. The zero-order chi connectivity index (χ0) is 25.8. The maximum Gasteiger partial charge on any atom is 0.337 e. The Bertz CT molecular complexity index is 1740. The molecule has 2 aliphatic rings. The fraction of sp³-hybridized carbons (Fsp3) is 0.172. The molecule has 3 heterocycles. The van der Waals surface area contributed by atoms with Crippen LogP contribution < -0.4 is 10.6 Å². The van der Waals surface area contributed by atoms with Crippen LogP contribution in [0.15, 0.2) is 71.7 Å². The van der Waals surface area contributed by atoms with Crippen molar-refractivity contribution in [2.45, 2.75) is 26.7 Å². The van der Waals surface area contributed by atoms with Crippen LogP contribution in [0.3, 0.4) is 0 Å². The summed E-state index contributed by atoms with van der Waals surface area (Å²) in [6, 6.07) is 16.5. The predicted octanol–water partition coefficient (Wildman–Crippen LogP) is 3.96. The Balaban J connectivity index is 1.62. The van der Waals surface area contributed by atoms with E-state index < -0.39 is 11.5 Å². The van der Waals surface area contributed by atoms with E-state index in [2.05, 4.69) is 15.6 Å². The summed E-state index contributed by atoms with van der Waals surface area (Å²) in [6.07, 6.45) is 5.26. The third-order valence-corrected chi connectivity index (χ3v) is 6.92. The van der Waals surface area contributed by atoms with Crippen molar-refractivity contribution in [3.05, 3.63) is 111 Å². The molecule has 2 aromatic carbocycles. The minimum atomic E-state index is -0.513. The summed E-state index contributed by atoms with van der Waals surface area (Å²) < 4.78 is 8.21. The van der Waals surface area contributed by atoms with Gasteiger partial charge in [0.1, 0.15) is 5.82 Å². The molecule has 0 radical (unpaired) electrons. The number of methoxy groups -OCH3 is 1. The average molecular weight is 493 g/mol. The van der Waals surface area contributed by atoms with E-state index in [1.54, 1.807) is 19.2 Å². The third-order valence-electron chi connectivity index (χ3n) is 6.92. The summed E-state index contributed by atoms with van der Waals surface area (Å²) in [5.74, 6) is -0.499. The zero-order valence-electron chi connectivity index (χ0n) is 20.7. The van der Waals surface area contributed by atoms with Gasteiger partial charge >= 0.3 is 5.97 Å². The number of fused-ring (bicyclic) bond motifs is 1. The lowest BCUT2D eigenvalue weighted by molar-refractivity contribution is -0.114. The van der Waals surface area contributed by atoms with E-state index in [0.29, 0.717) is 27.9 Å². The number of rotatable bonds is 3. The van der Waals surface area contributed by atoms with Crippen LogP contribution in [0.2, 0.25) is 0 Å². The van der Waals surface area contributed by atoms with E-state index in [1.165, 1.54) is 28.9 Å². The molecule has 37 heavy (non-hydrogen) atoms. The normalized spacial score (nSPS) is 14.7. The Morgan fingerprint density at radius 1 is 1.03 bits per heavy atom. The number of aromatic nitrogens is 3. The van der Waals surface area contributed by atoms with Gasteiger partial charge in [0.05, 0.1) is 46.7 Å². The van der Waals surface area contributed by atoms with Gasteiger partial charge in [-0.15, -0.1) is 0 Å². The van der Waals surface area contributed by atoms with Crippen molar-refractivity contribution in [3.63, 3.8) is 0 Å². The second-order valence-corrected chi connectivity index (χ2v) is 9.18. The highest BCUT2D eigenvalue weighted by Gasteiger charge is 2.34. The molecular formula is C29H24N4O4. The molecule has 0 unspecified atom stereocenters.